The second kappa shape index (κ2) is 7.70. The Morgan fingerprint density at radius 3 is 2.85 bits per heavy atom. The van der Waals surface area contributed by atoms with Crippen LogP contribution in [0.15, 0.2) is 48.5 Å². The van der Waals surface area contributed by atoms with Crippen molar-refractivity contribution in [2.75, 3.05) is 29.9 Å². The van der Waals surface area contributed by atoms with Crippen molar-refractivity contribution >= 4 is 28.6 Å². The van der Waals surface area contributed by atoms with Crippen LogP contribution >= 0.6 is 0 Å². The molecule has 0 spiro atoms. The highest BCUT2D eigenvalue weighted by atomic mass is 16.5. The maximum Gasteiger partial charge on any atom is 0.229 e. The summed E-state index contributed by atoms with van der Waals surface area (Å²) in [5.74, 6) is 1.65. The molecular formula is C21H24N4O2. The van der Waals surface area contributed by atoms with Crippen LogP contribution < -0.4 is 15.0 Å². The molecular weight excluding hydrogens is 340 g/mol. The number of hydrogen-bond donors (Lipinski definition) is 2. The molecule has 0 radical (unpaired) electrons. The number of hydrogen-bond acceptors (Lipinski definition) is 4. The second-order valence-corrected chi connectivity index (χ2v) is 6.81. The van der Waals surface area contributed by atoms with Crippen molar-refractivity contribution in [1.29, 1.82) is 0 Å². The quantitative estimate of drug-likeness (QED) is 0.722. The molecule has 0 saturated carbocycles. The van der Waals surface area contributed by atoms with Crippen LogP contribution in [0.5, 0.6) is 5.75 Å². The van der Waals surface area contributed by atoms with Gasteiger partial charge in [-0.05, 0) is 56.2 Å². The number of amides is 1. The lowest BCUT2D eigenvalue weighted by Crippen LogP contribution is -2.41. The van der Waals surface area contributed by atoms with Crippen molar-refractivity contribution in [3.63, 3.8) is 0 Å². The molecule has 27 heavy (non-hydrogen) atoms. The summed E-state index contributed by atoms with van der Waals surface area (Å²) in [7, 11) is 0. The van der Waals surface area contributed by atoms with Gasteiger partial charge in [-0.1, -0.05) is 12.1 Å². The number of anilines is 2. The average molecular weight is 364 g/mol. The lowest BCUT2D eigenvalue weighted by Gasteiger charge is -2.31. The van der Waals surface area contributed by atoms with Crippen LogP contribution in [0.4, 0.5) is 11.6 Å². The highest BCUT2D eigenvalue weighted by Crippen LogP contribution is 2.25. The number of aromatic nitrogens is 2. The molecule has 4 rings (SSSR count). The minimum atomic E-state index is -0.0569. The van der Waals surface area contributed by atoms with Gasteiger partial charge in [0, 0.05) is 18.8 Å². The van der Waals surface area contributed by atoms with Gasteiger partial charge in [-0.25, -0.2) is 4.98 Å². The van der Waals surface area contributed by atoms with Gasteiger partial charge in [0.2, 0.25) is 11.9 Å². The van der Waals surface area contributed by atoms with E-state index in [1.54, 1.807) is 0 Å². The number of H-pyrrole nitrogens is 1. The van der Waals surface area contributed by atoms with Crippen LogP contribution in [0.2, 0.25) is 0 Å². The monoisotopic (exact) mass is 364 g/mol. The molecule has 1 aromatic heterocycles. The molecule has 2 heterocycles. The van der Waals surface area contributed by atoms with Crippen molar-refractivity contribution < 1.29 is 9.53 Å². The van der Waals surface area contributed by atoms with E-state index in [-0.39, 0.29) is 11.8 Å². The molecule has 0 bridgehead atoms. The first-order valence-electron chi connectivity index (χ1n) is 9.46. The van der Waals surface area contributed by atoms with Crippen molar-refractivity contribution in [2.24, 2.45) is 5.92 Å². The molecule has 1 aliphatic rings. The van der Waals surface area contributed by atoms with Crippen LogP contribution in [0.25, 0.3) is 11.0 Å². The third-order valence-electron chi connectivity index (χ3n) is 4.90. The topological polar surface area (TPSA) is 70.2 Å². The van der Waals surface area contributed by atoms with Gasteiger partial charge in [0.15, 0.2) is 0 Å². The van der Waals surface area contributed by atoms with Gasteiger partial charge < -0.3 is 19.9 Å². The summed E-state index contributed by atoms with van der Waals surface area (Å²) < 4.78 is 5.44. The fourth-order valence-electron chi connectivity index (χ4n) is 3.52. The van der Waals surface area contributed by atoms with E-state index in [2.05, 4.69) is 20.2 Å². The summed E-state index contributed by atoms with van der Waals surface area (Å²) in [5, 5.41) is 3.03. The maximum atomic E-state index is 12.7. The molecule has 6 nitrogen and oxygen atoms in total. The zero-order chi connectivity index (χ0) is 18.6. The Bertz CT molecular complexity index is 886. The number of aromatic amines is 1. The maximum absolute atomic E-state index is 12.7. The van der Waals surface area contributed by atoms with Gasteiger partial charge in [0.1, 0.15) is 5.75 Å². The molecule has 1 fully saturated rings. The van der Waals surface area contributed by atoms with Gasteiger partial charge in [0.25, 0.3) is 0 Å². The van der Waals surface area contributed by atoms with Crippen molar-refractivity contribution in [1.82, 2.24) is 9.97 Å². The Hall–Kier alpha value is -3.02. The molecule has 1 aliphatic heterocycles. The SMILES string of the molecule is CCOc1ccc(NC(=O)C2CCCN(c3nc4ccccc4[nH]3)C2)cc1. The Morgan fingerprint density at radius 2 is 2.07 bits per heavy atom. The number of nitrogens with one attached hydrogen (secondary N) is 2. The normalized spacial score (nSPS) is 17.1. The number of ether oxygens (including phenoxy) is 1. The minimum Gasteiger partial charge on any atom is -0.494 e. The fraction of sp³-hybridized carbons (Fsp3) is 0.333. The Kier molecular flexibility index (Phi) is 4.96. The number of piperidine rings is 1. The number of carbonyl (C=O) groups is 1. The number of nitrogens with zero attached hydrogens (tertiary/aromatic N) is 2. The first-order valence-corrected chi connectivity index (χ1v) is 9.46. The number of benzene rings is 2. The van der Waals surface area contributed by atoms with Gasteiger partial charge in [-0.15, -0.1) is 0 Å². The number of fused-ring (bicyclic) bond motifs is 1. The summed E-state index contributed by atoms with van der Waals surface area (Å²) in [6, 6.07) is 15.5. The van der Waals surface area contributed by atoms with Crippen LogP contribution in [-0.4, -0.2) is 35.6 Å². The van der Waals surface area contributed by atoms with E-state index >= 15 is 0 Å². The molecule has 0 aliphatic carbocycles. The third-order valence-corrected chi connectivity index (χ3v) is 4.90. The lowest BCUT2D eigenvalue weighted by molar-refractivity contribution is -0.120. The number of imidazole rings is 1. The Balaban J connectivity index is 1.41. The van der Waals surface area contributed by atoms with Gasteiger partial charge in [-0.2, -0.15) is 0 Å². The standard InChI is InChI=1S/C21H24N4O2/c1-2-27-17-11-9-16(10-12-17)22-20(26)15-6-5-13-25(14-15)21-23-18-7-3-4-8-19(18)24-21/h3-4,7-12,15H,2,5-6,13-14H2,1H3,(H,22,26)(H,23,24). The number of rotatable bonds is 5. The summed E-state index contributed by atoms with van der Waals surface area (Å²) in [5.41, 5.74) is 2.77. The molecule has 1 saturated heterocycles. The lowest BCUT2D eigenvalue weighted by atomic mass is 9.97. The van der Waals surface area contributed by atoms with Crippen molar-refractivity contribution in [3.8, 4) is 5.75 Å². The van der Waals surface area contributed by atoms with Gasteiger partial charge in [-0.3, -0.25) is 4.79 Å². The van der Waals surface area contributed by atoms with Crippen LogP contribution in [0.1, 0.15) is 19.8 Å². The van der Waals surface area contributed by atoms with Crippen LogP contribution in [0.3, 0.4) is 0 Å². The van der Waals surface area contributed by atoms with Crippen molar-refractivity contribution in [3.05, 3.63) is 48.5 Å². The minimum absolute atomic E-state index is 0.0555. The molecule has 1 unspecified atom stereocenters. The first-order chi connectivity index (χ1) is 13.2. The van der Waals surface area contributed by atoms with Crippen LogP contribution in [-0.2, 0) is 4.79 Å². The number of para-hydroxylation sites is 2. The van der Waals surface area contributed by atoms with Gasteiger partial charge >= 0.3 is 0 Å². The summed E-state index contributed by atoms with van der Waals surface area (Å²) in [6.45, 7) is 4.16. The molecule has 2 aromatic carbocycles. The first kappa shape index (κ1) is 17.4. The zero-order valence-corrected chi connectivity index (χ0v) is 15.4. The smallest absolute Gasteiger partial charge is 0.229 e. The average Bonchev–Trinajstić information content (AvgIpc) is 3.14. The van der Waals surface area contributed by atoms with E-state index in [4.69, 9.17) is 4.74 Å². The third kappa shape index (κ3) is 3.89. The van der Waals surface area contributed by atoms with Crippen LogP contribution in [0, 0.1) is 5.92 Å². The van der Waals surface area contributed by atoms with Crippen molar-refractivity contribution in [2.45, 2.75) is 19.8 Å². The summed E-state index contributed by atoms with van der Waals surface area (Å²) >= 11 is 0. The van der Waals surface area contributed by atoms with E-state index in [1.165, 1.54) is 0 Å². The fourth-order valence-corrected chi connectivity index (χ4v) is 3.52. The molecule has 2 N–H and O–H groups in total. The number of carbonyl (C=O) groups excluding carboxylic acids is 1. The molecule has 1 amide bonds. The summed E-state index contributed by atoms with van der Waals surface area (Å²) in [4.78, 5) is 22.9. The second-order valence-electron chi connectivity index (χ2n) is 6.81. The van der Waals surface area contributed by atoms with E-state index in [1.807, 2.05) is 55.5 Å². The Morgan fingerprint density at radius 1 is 1.26 bits per heavy atom. The Labute approximate surface area is 158 Å². The summed E-state index contributed by atoms with van der Waals surface area (Å²) in [6.07, 6.45) is 1.86. The van der Waals surface area contributed by atoms with E-state index < -0.39 is 0 Å². The van der Waals surface area contributed by atoms with E-state index in [0.717, 1.165) is 47.8 Å². The molecule has 1 atom stereocenters. The highest BCUT2D eigenvalue weighted by molar-refractivity contribution is 5.93. The van der Waals surface area contributed by atoms with Gasteiger partial charge in [0.05, 0.1) is 23.6 Å². The highest BCUT2D eigenvalue weighted by Gasteiger charge is 2.27. The molecule has 6 heteroatoms. The zero-order valence-electron chi connectivity index (χ0n) is 15.4. The molecule has 3 aromatic rings. The van der Waals surface area contributed by atoms with E-state index in [9.17, 15) is 4.79 Å². The molecule has 140 valence electrons. The largest absolute Gasteiger partial charge is 0.494 e. The predicted octanol–water partition coefficient (Wildman–Crippen LogP) is 3.82. The predicted molar refractivity (Wildman–Crippen MR) is 107 cm³/mol. The van der Waals surface area contributed by atoms with E-state index in [0.29, 0.717) is 13.2 Å².